The number of nitrogen functional groups attached to an aromatic ring is 1. The number of likely N-dealkylation sites (N-methyl/N-ethyl adjacent to an activating group) is 1. The Labute approximate surface area is 551 Å². The summed E-state index contributed by atoms with van der Waals surface area (Å²) in [6.07, 6.45) is 1.30. The number of nitrogens with one attached hydrogen (secondary N) is 5. The number of methoxy groups -OCH3 is 1. The zero-order valence-electron chi connectivity index (χ0n) is 54.2. The molecule has 12 rings (SSSR count). The van der Waals surface area contributed by atoms with E-state index in [1.807, 2.05) is 84.9 Å². The van der Waals surface area contributed by atoms with Gasteiger partial charge in [-0.25, -0.2) is 19.6 Å². The van der Waals surface area contributed by atoms with Crippen molar-refractivity contribution >= 4 is 63.3 Å². The van der Waals surface area contributed by atoms with Crippen LogP contribution in [0.5, 0.6) is 17.2 Å². The largest absolute Gasteiger partial charge is 0.494 e. The van der Waals surface area contributed by atoms with Gasteiger partial charge in [-0.1, -0.05) is 74.5 Å². The molecule has 2 unspecified atom stereocenters. The maximum atomic E-state index is 14.8. The zero-order valence-corrected chi connectivity index (χ0v) is 54.2. The van der Waals surface area contributed by atoms with Gasteiger partial charge in [-0.3, -0.25) is 14.4 Å². The molecule has 2 aromatic heterocycles. The number of H-pyrrole nitrogens is 2. The van der Waals surface area contributed by atoms with Crippen LogP contribution < -0.4 is 46.5 Å². The number of aromatic nitrogens is 4. The van der Waals surface area contributed by atoms with E-state index in [9.17, 15) is 24.0 Å². The van der Waals surface area contributed by atoms with Crippen LogP contribution in [-0.2, 0) is 19.1 Å². The van der Waals surface area contributed by atoms with Crippen LogP contribution >= 0.6 is 0 Å². The Morgan fingerprint density at radius 2 is 1.43 bits per heavy atom. The van der Waals surface area contributed by atoms with Crippen molar-refractivity contribution in [3.8, 4) is 51.2 Å². The number of piperazine rings is 1. The van der Waals surface area contributed by atoms with Gasteiger partial charge in [0.15, 0.2) is 17.7 Å². The first-order valence-electron chi connectivity index (χ1n) is 32.7. The molecule has 6 aromatic carbocycles. The minimum absolute atomic E-state index is 0.0439. The molecule has 4 aliphatic rings. The maximum Gasteiger partial charge on any atom is 0.407 e. The predicted molar refractivity (Wildman–Crippen MR) is 364 cm³/mol. The summed E-state index contributed by atoms with van der Waals surface area (Å²) in [5.74, 6) is 0.918. The molecule has 6 amide bonds. The molecule has 23 nitrogen and oxygen atoms in total. The quantitative estimate of drug-likeness (QED) is 0.0159. The molecule has 3 saturated heterocycles. The average Bonchev–Trinajstić information content (AvgIpc) is 1.65. The molecule has 95 heavy (non-hydrogen) atoms. The number of likely N-dealkylation sites (tertiary alicyclic amines) is 1. The number of hydrogen-bond donors (Lipinski definition) is 7. The minimum Gasteiger partial charge on any atom is -0.494 e. The molecule has 8 aromatic rings. The normalized spacial score (nSPS) is 17.0. The van der Waals surface area contributed by atoms with Crippen LogP contribution in [0.2, 0.25) is 0 Å². The summed E-state index contributed by atoms with van der Waals surface area (Å²) < 4.78 is 30.1. The fourth-order valence-corrected chi connectivity index (χ4v) is 13.2. The summed E-state index contributed by atoms with van der Waals surface area (Å²) >= 11 is 0. The highest BCUT2D eigenvalue weighted by Gasteiger charge is 2.46. The van der Waals surface area contributed by atoms with Gasteiger partial charge in [-0.05, 0) is 140 Å². The number of ether oxygens (including phenoxy) is 5. The molecule has 0 spiro atoms. The highest BCUT2D eigenvalue weighted by molar-refractivity contribution is 6.01. The third-order valence-corrected chi connectivity index (χ3v) is 18.3. The summed E-state index contributed by atoms with van der Waals surface area (Å²) in [5, 5.41) is 8.19. The molecule has 0 saturated carbocycles. The standard InChI is InChI=1S/C72H83N13O10/c1-43(2)64(81-72(90)95-42-54-51-16-9-7-14-49(51)50-15-8-10-17-52(50)54)67(86)80-58(18-13-27-75-71(74)89)69(88)84-32-35-94-70(84)61-36-44(3)41-85(61)68(87)53-39-62(91-5)63(40-55(53)73)93-34-12-6-11-33-92-48-23-19-45(20-24-48)65-76-56-25-21-46(37-59(56)78-65)66-77-57-26-22-47(38-60(57)79-66)83-30-28-82(4)29-31-83/h7-10,14-17,19-26,37-40,43,54,58,61,64,70H,3,6,11-13,18,27-36,41-42,73H2,1-2,4-5H3,(H,76,78)(H,77,79)(H,80,86)(H,81,90)(H3,74,75,89)/t58-,61-,64?,70?/m0/s1. The van der Waals surface area contributed by atoms with Crippen LogP contribution in [0.15, 0.2) is 133 Å². The molecule has 0 bridgehead atoms. The van der Waals surface area contributed by atoms with Crippen molar-refractivity contribution in [1.82, 2.24) is 50.6 Å². The van der Waals surface area contributed by atoms with E-state index in [1.165, 1.54) is 17.7 Å². The van der Waals surface area contributed by atoms with Crippen molar-refractivity contribution in [1.29, 1.82) is 0 Å². The van der Waals surface area contributed by atoms with Crippen molar-refractivity contribution in [3.05, 3.63) is 150 Å². The Balaban J connectivity index is 0.619. The van der Waals surface area contributed by atoms with E-state index in [1.54, 1.807) is 30.9 Å². The molecular formula is C72H83N13O10. The number of urea groups is 1. The maximum absolute atomic E-state index is 14.8. The smallest absolute Gasteiger partial charge is 0.407 e. The van der Waals surface area contributed by atoms with E-state index in [2.05, 4.69) is 73.6 Å². The molecule has 3 fully saturated rings. The highest BCUT2D eigenvalue weighted by atomic mass is 16.5. The Hall–Kier alpha value is -10.1. The number of fused-ring (bicyclic) bond motifs is 5. The molecule has 23 heteroatoms. The lowest BCUT2D eigenvalue weighted by atomic mass is 9.98. The van der Waals surface area contributed by atoms with Gasteiger partial charge >= 0.3 is 12.1 Å². The Morgan fingerprint density at radius 1 is 0.737 bits per heavy atom. The second-order valence-electron chi connectivity index (χ2n) is 25.2. The lowest BCUT2D eigenvalue weighted by Gasteiger charge is -2.35. The van der Waals surface area contributed by atoms with Gasteiger partial charge in [0, 0.05) is 80.3 Å². The van der Waals surface area contributed by atoms with Crippen molar-refractivity contribution in [3.63, 3.8) is 0 Å². The molecule has 496 valence electrons. The van der Waals surface area contributed by atoms with Crippen molar-refractivity contribution < 1.29 is 47.7 Å². The Kier molecular flexibility index (Phi) is 19.8. The monoisotopic (exact) mass is 1290 g/mol. The second-order valence-corrected chi connectivity index (χ2v) is 25.2. The fourth-order valence-electron chi connectivity index (χ4n) is 13.2. The molecule has 1 aliphatic carbocycles. The first-order chi connectivity index (χ1) is 46.1. The average molecular weight is 1290 g/mol. The molecule has 0 radical (unpaired) electrons. The number of rotatable bonds is 25. The van der Waals surface area contributed by atoms with Gasteiger partial charge in [0.05, 0.1) is 60.6 Å². The lowest BCUT2D eigenvalue weighted by Crippen LogP contribution is -2.58. The SMILES string of the molecule is C=C1C[C@@H](C2OCCN2C(=O)[C@H](CCCNC(N)=O)NC(=O)C(NC(=O)OCC2c3ccccc3-c3ccccc32)C(C)C)N(C(=O)c2cc(OC)c(OCCCCCOc3ccc(-c4nc5ccc(-c6nc7cc(N8CCN(C)CC8)ccc7[nH]6)cc5[nH]4)cc3)cc2N)C1. The van der Waals surface area contributed by atoms with E-state index < -0.39 is 60.1 Å². The van der Waals surface area contributed by atoms with Crippen LogP contribution in [0.3, 0.4) is 0 Å². The van der Waals surface area contributed by atoms with E-state index in [4.69, 9.17) is 45.1 Å². The number of hydrogen-bond acceptors (Lipinski definition) is 15. The number of anilines is 2. The topological polar surface area (TPSA) is 290 Å². The first kappa shape index (κ1) is 65.0. The minimum atomic E-state index is -1.13. The summed E-state index contributed by atoms with van der Waals surface area (Å²) in [6, 6.07) is 36.0. The number of carbonyl (C=O) groups excluding carboxylic acids is 5. The van der Waals surface area contributed by atoms with E-state index >= 15 is 0 Å². The van der Waals surface area contributed by atoms with Gasteiger partial charge in [0.25, 0.3) is 5.91 Å². The molecular weight excluding hydrogens is 1210 g/mol. The zero-order chi connectivity index (χ0) is 66.3. The van der Waals surface area contributed by atoms with E-state index in [-0.39, 0.29) is 62.9 Å². The van der Waals surface area contributed by atoms with Gasteiger partial charge in [0.2, 0.25) is 11.8 Å². The van der Waals surface area contributed by atoms with Crippen LogP contribution in [0.25, 0.3) is 56.0 Å². The van der Waals surface area contributed by atoms with Crippen LogP contribution in [0.1, 0.15) is 79.8 Å². The Morgan fingerprint density at radius 3 is 2.16 bits per heavy atom. The van der Waals surface area contributed by atoms with Crippen molar-refractivity contribution in [2.45, 2.75) is 82.6 Å². The highest BCUT2D eigenvalue weighted by Crippen LogP contribution is 2.45. The van der Waals surface area contributed by atoms with Crippen molar-refractivity contribution in [2.75, 3.05) is 97.0 Å². The number of nitrogens with two attached hydrogens (primary N) is 2. The van der Waals surface area contributed by atoms with E-state index in [0.29, 0.717) is 37.6 Å². The van der Waals surface area contributed by atoms with Crippen LogP contribution in [0.4, 0.5) is 21.0 Å². The van der Waals surface area contributed by atoms with Gasteiger partial charge in [-0.15, -0.1) is 0 Å². The predicted octanol–water partition coefficient (Wildman–Crippen LogP) is 9.20. The number of benzene rings is 6. The lowest BCUT2D eigenvalue weighted by molar-refractivity contribution is -0.143. The van der Waals surface area contributed by atoms with Crippen molar-refractivity contribution in [2.24, 2.45) is 11.7 Å². The number of nitrogens with zero attached hydrogens (tertiary/aromatic N) is 6. The van der Waals surface area contributed by atoms with Gasteiger partial charge in [0.1, 0.15) is 36.1 Å². The van der Waals surface area contributed by atoms with E-state index in [0.717, 1.165) is 117 Å². The van der Waals surface area contributed by atoms with Gasteiger partial charge in [-0.2, -0.15) is 0 Å². The molecule has 9 N–H and O–H groups in total. The molecule has 3 aliphatic heterocycles. The number of primary amides is 1. The van der Waals surface area contributed by atoms with Crippen LogP contribution in [0, 0.1) is 5.92 Å². The second kappa shape index (κ2) is 29.0. The summed E-state index contributed by atoms with van der Waals surface area (Å²) in [4.78, 5) is 93.7. The number of carbonyl (C=O) groups is 5. The summed E-state index contributed by atoms with van der Waals surface area (Å²) in [6.45, 7) is 13.4. The number of amides is 6. The van der Waals surface area contributed by atoms with Crippen LogP contribution in [-0.4, -0.2) is 175 Å². The summed E-state index contributed by atoms with van der Waals surface area (Å²) in [7, 11) is 3.66. The number of unbranched alkanes of at least 4 members (excludes halogenated alkanes) is 2. The third-order valence-electron chi connectivity index (χ3n) is 18.3. The molecule has 4 atom stereocenters. The number of aromatic amines is 2. The number of imidazole rings is 2. The third kappa shape index (κ3) is 14.7. The summed E-state index contributed by atoms with van der Waals surface area (Å²) in [5.41, 5.74) is 24.2. The first-order valence-corrected chi connectivity index (χ1v) is 32.7. The van der Waals surface area contributed by atoms with Gasteiger partial charge < -0.3 is 80.7 Å². The molecule has 5 heterocycles. The Bertz CT molecular complexity index is 4080. The number of alkyl carbamates (subject to hydrolysis) is 1. The fraction of sp³-hybridized carbons (Fsp3) is 0.375.